The summed E-state index contributed by atoms with van der Waals surface area (Å²) in [6, 6.07) is 12.9. The van der Waals surface area contributed by atoms with Crippen molar-refractivity contribution in [2.75, 3.05) is 28.7 Å². The van der Waals surface area contributed by atoms with Crippen LogP contribution in [0.4, 0.5) is 22.7 Å². The van der Waals surface area contributed by atoms with Crippen LogP contribution >= 0.6 is 0 Å². The molecule has 0 heterocycles. The molecule has 0 fully saturated rings. The lowest BCUT2D eigenvalue weighted by Crippen LogP contribution is -2.30. The minimum absolute atomic E-state index is 0.0733. The molecular formula is C23H28N4O7. The van der Waals surface area contributed by atoms with Gasteiger partial charge in [0.05, 0.1) is 6.61 Å². The molecule has 2 aromatic rings. The van der Waals surface area contributed by atoms with E-state index in [1.165, 1.54) is 0 Å². The van der Waals surface area contributed by atoms with E-state index in [0.717, 1.165) is 0 Å². The van der Waals surface area contributed by atoms with Gasteiger partial charge in [-0.15, -0.1) is 0 Å². The van der Waals surface area contributed by atoms with E-state index in [1.54, 1.807) is 62.4 Å². The molecule has 6 N–H and O–H groups in total. The number of hydrogen-bond acceptors (Lipinski definition) is 9. The molecule has 0 aliphatic heterocycles. The summed E-state index contributed by atoms with van der Waals surface area (Å²) >= 11 is 0. The van der Waals surface area contributed by atoms with Crippen molar-refractivity contribution in [3.8, 4) is 0 Å². The summed E-state index contributed by atoms with van der Waals surface area (Å²) in [7, 11) is 0. The molecule has 0 saturated carbocycles. The van der Waals surface area contributed by atoms with E-state index in [9.17, 15) is 19.2 Å². The first kappa shape index (κ1) is 26.1. The number of carbonyl (C=O) groups is 4. The van der Waals surface area contributed by atoms with E-state index in [1.807, 2.05) is 0 Å². The Morgan fingerprint density at radius 1 is 0.765 bits per heavy atom. The monoisotopic (exact) mass is 472 g/mol. The van der Waals surface area contributed by atoms with Gasteiger partial charge in [-0.05, 0) is 62.4 Å². The average Bonchev–Trinajstić information content (AvgIpc) is 2.75. The molecule has 0 spiro atoms. The van der Waals surface area contributed by atoms with Crippen molar-refractivity contribution < 1.29 is 33.7 Å². The van der Waals surface area contributed by atoms with Crippen molar-refractivity contribution in [1.82, 2.24) is 0 Å². The summed E-state index contributed by atoms with van der Waals surface area (Å²) in [4.78, 5) is 57.3. The lowest BCUT2D eigenvalue weighted by molar-refractivity contribution is -0.326. The zero-order chi connectivity index (χ0) is 25.1. The molecule has 0 radical (unpaired) electrons. The Kier molecular flexibility index (Phi) is 9.38. The van der Waals surface area contributed by atoms with Gasteiger partial charge in [-0.25, -0.2) is 4.79 Å². The number of carbonyl (C=O) groups excluding carboxylic acids is 4. The topological polar surface area (TPSA) is 172 Å². The zero-order valence-corrected chi connectivity index (χ0v) is 19.0. The zero-order valence-electron chi connectivity index (χ0n) is 19.0. The van der Waals surface area contributed by atoms with E-state index in [0.29, 0.717) is 22.7 Å². The predicted molar refractivity (Wildman–Crippen MR) is 125 cm³/mol. The molecule has 0 bridgehead atoms. The van der Waals surface area contributed by atoms with Crippen molar-refractivity contribution in [3.63, 3.8) is 0 Å². The fourth-order valence-electron chi connectivity index (χ4n) is 2.50. The van der Waals surface area contributed by atoms with Crippen LogP contribution < -0.4 is 22.1 Å². The largest absolute Gasteiger partial charge is 0.465 e. The first-order chi connectivity index (χ1) is 16.0. The Labute approximate surface area is 196 Å². The second kappa shape index (κ2) is 12.2. The summed E-state index contributed by atoms with van der Waals surface area (Å²) in [5.74, 6) is -2.73. The Morgan fingerprint density at radius 3 is 1.68 bits per heavy atom. The minimum atomic E-state index is -1.00. The first-order valence-corrected chi connectivity index (χ1v) is 10.4. The summed E-state index contributed by atoms with van der Waals surface area (Å²) in [5, 5.41) is 5.09. The standard InChI is InChI=1S/C23H28N4O7/c1-23(2,34-33-22(31)14-20(29)27-18-9-5-16(25)6-10-18)11-12-32-21(30)13-19(28)26-17-7-3-15(24)4-8-17/h3-10H,11-14,24-25H2,1-2H3,(H,26,28)(H,27,29). The molecule has 2 amide bonds. The quantitative estimate of drug-likeness (QED) is 0.126. The molecule has 0 atom stereocenters. The fourth-order valence-corrected chi connectivity index (χ4v) is 2.50. The Hall–Kier alpha value is -4.12. The van der Waals surface area contributed by atoms with E-state index in [2.05, 4.69) is 10.6 Å². The van der Waals surface area contributed by atoms with Crippen LogP contribution in [0.5, 0.6) is 0 Å². The molecule has 2 aromatic carbocycles. The van der Waals surface area contributed by atoms with E-state index < -0.39 is 42.2 Å². The number of amides is 2. The SMILES string of the molecule is CC(C)(CCOC(=O)CC(=O)Nc1ccc(N)cc1)OOC(=O)CC(=O)Nc1ccc(N)cc1. The number of nitrogens with two attached hydrogens (primary N) is 2. The lowest BCUT2D eigenvalue weighted by Gasteiger charge is -2.22. The van der Waals surface area contributed by atoms with Gasteiger partial charge in [-0.3, -0.25) is 19.3 Å². The molecule has 34 heavy (non-hydrogen) atoms. The van der Waals surface area contributed by atoms with Crippen LogP contribution in [0, 0.1) is 0 Å². The maximum absolute atomic E-state index is 11.9. The second-order valence-electron chi connectivity index (χ2n) is 7.96. The van der Waals surface area contributed by atoms with Crippen LogP contribution in [-0.4, -0.2) is 36.0 Å². The fraction of sp³-hybridized carbons (Fsp3) is 0.304. The number of ether oxygens (including phenoxy) is 1. The highest BCUT2D eigenvalue weighted by Gasteiger charge is 2.24. The summed E-state index contributed by atoms with van der Waals surface area (Å²) in [5.41, 5.74) is 12.2. The Bertz CT molecular complexity index is 1000. The van der Waals surface area contributed by atoms with Crippen molar-refractivity contribution in [3.05, 3.63) is 48.5 Å². The van der Waals surface area contributed by atoms with Crippen LogP contribution in [0.15, 0.2) is 48.5 Å². The number of esters is 1. The Morgan fingerprint density at radius 2 is 1.21 bits per heavy atom. The van der Waals surface area contributed by atoms with Gasteiger partial charge < -0.3 is 26.8 Å². The number of nitrogens with one attached hydrogen (secondary N) is 2. The molecule has 11 nitrogen and oxygen atoms in total. The number of hydrogen-bond donors (Lipinski definition) is 4. The van der Waals surface area contributed by atoms with Gasteiger partial charge in [0.15, 0.2) is 0 Å². The summed E-state index contributed by atoms with van der Waals surface area (Å²) < 4.78 is 5.04. The highest BCUT2D eigenvalue weighted by Crippen LogP contribution is 2.16. The minimum Gasteiger partial charge on any atom is -0.465 e. The third kappa shape index (κ3) is 10.0. The number of rotatable bonds is 11. The summed E-state index contributed by atoms with van der Waals surface area (Å²) in [6.45, 7) is 3.14. The number of anilines is 4. The summed E-state index contributed by atoms with van der Waals surface area (Å²) in [6.07, 6.45) is -0.856. The average molecular weight is 472 g/mol. The number of nitrogen functional groups attached to an aromatic ring is 2. The molecular weight excluding hydrogens is 444 g/mol. The Balaban J connectivity index is 1.64. The number of benzene rings is 2. The highest BCUT2D eigenvalue weighted by molar-refractivity contribution is 6.02. The van der Waals surface area contributed by atoms with Crippen molar-refractivity contribution in [2.45, 2.75) is 38.7 Å². The van der Waals surface area contributed by atoms with Gasteiger partial charge in [-0.2, -0.15) is 4.89 Å². The van der Waals surface area contributed by atoms with Crippen LogP contribution in [0.2, 0.25) is 0 Å². The molecule has 0 aromatic heterocycles. The van der Waals surface area contributed by atoms with Crippen molar-refractivity contribution >= 4 is 46.5 Å². The van der Waals surface area contributed by atoms with E-state index in [4.69, 9.17) is 26.0 Å². The highest BCUT2D eigenvalue weighted by atomic mass is 17.2. The van der Waals surface area contributed by atoms with Crippen molar-refractivity contribution in [1.29, 1.82) is 0 Å². The van der Waals surface area contributed by atoms with Gasteiger partial charge in [0.1, 0.15) is 18.4 Å². The van der Waals surface area contributed by atoms with Crippen LogP contribution in [-0.2, 0) is 33.7 Å². The predicted octanol–water partition coefficient (Wildman–Crippen LogP) is 2.40. The normalized spacial score (nSPS) is 10.8. The third-order valence-electron chi connectivity index (χ3n) is 4.33. The molecule has 11 heteroatoms. The first-order valence-electron chi connectivity index (χ1n) is 10.4. The molecule has 182 valence electrons. The van der Waals surface area contributed by atoms with Crippen LogP contribution in [0.3, 0.4) is 0 Å². The molecule has 2 rings (SSSR count). The third-order valence-corrected chi connectivity index (χ3v) is 4.33. The van der Waals surface area contributed by atoms with E-state index >= 15 is 0 Å². The van der Waals surface area contributed by atoms with Crippen LogP contribution in [0.25, 0.3) is 0 Å². The van der Waals surface area contributed by atoms with Gasteiger partial charge in [0, 0.05) is 29.2 Å². The molecule has 0 unspecified atom stereocenters. The van der Waals surface area contributed by atoms with E-state index in [-0.39, 0.29) is 13.0 Å². The van der Waals surface area contributed by atoms with Crippen molar-refractivity contribution in [2.24, 2.45) is 0 Å². The molecule has 0 saturated heterocycles. The lowest BCUT2D eigenvalue weighted by atomic mass is 10.1. The second-order valence-corrected chi connectivity index (χ2v) is 7.96. The van der Waals surface area contributed by atoms with Crippen LogP contribution in [0.1, 0.15) is 33.1 Å². The van der Waals surface area contributed by atoms with Gasteiger partial charge in [0.25, 0.3) is 0 Å². The maximum Gasteiger partial charge on any atom is 0.351 e. The maximum atomic E-state index is 11.9. The smallest absolute Gasteiger partial charge is 0.351 e. The van der Waals surface area contributed by atoms with Gasteiger partial charge in [0.2, 0.25) is 11.8 Å². The van der Waals surface area contributed by atoms with Gasteiger partial charge in [-0.1, -0.05) is 0 Å². The molecule has 0 aliphatic rings. The van der Waals surface area contributed by atoms with Gasteiger partial charge >= 0.3 is 11.9 Å². The molecule has 0 aliphatic carbocycles.